The first kappa shape index (κ1) is 19.2. The van der Waals surface area contributed by atoms with E-state index in [9.17, 15) is 0 Å². The van der Waals surface area contributed by atoms with E-state index in [0.29, 0.717) is 12.4 Å². The molecule has 28 heavy (non-hydrogen) atoms. The predicted molar refractivity (Wildman–Crippen MR) is 117 cm³/mol. The Balaban J connectivity index is 1.64. The maximum atomic E-state index is 6.15. The van der Waals surface area contributed by atoms with Crippen LogP contribution < -0.4 is 16.9 Å². The van der Waals surface area contributed by atoms with Gasteiger partial charge in [-0.05, 0) is 36.3 Å². The molecule has 5 nitrogen and oxygen atoms in total. The van der Waals surface area contributed by atoms with Crippen molar-refractivity contribution in [2.45, 2.75) is 13.5 Å². The van der Waals surface area contributed by atoms with Crippen molar-refractivity contribution in [2.24, 2.45) is 16.7 Å². The Bertz CT molecular complexity index is 963. The third kappa shape index (κ3) is 5.72. The Labute approximate surface area is 166 Å². The molecule has 0 fully saturated rings. The molecule has 0 unspecified atom stereocenters. The van der Waals surface area contributed by atoms with Gasteiger partial charge in [-0.1, -0.05) is 72.3 Å². The molecule has 3 rings (SSSR count). The van der Waals surface area contributed by atoms with Crippen LogP contribution in [-0.4, -0.2) is 11.0 Å². The van der Waals surface area contributed by atoms with Crippen molar-refractivity contribution in [3.05, 3.63) is 107 Å². The molecule has 0 amide bonds. The van der Waals surface area contributed by atoms with E-state index >= 15 is 0 Å². The third-order valence-electron chi connectivity index (χ3n) is 4.15. The smallest absolute Gasteiger partial charge is 0.152 e. The number of anilines is 1. The van der Waals surface area contributed by atoms with Crippen molar-refractivity contribution >= 4 is 17.6 Å². The number of hydrazine groups is 1. The Morgan fingerprint density at radius 3 is 2.57 bits per heavy atom. The van der Waals surface area contributed by atoms with Crippen LogP contribution in [0.25, 0.3) is 6.08 Å². The average molecular weight is 371 g/mol. The third-order valence-corrected chi connectivity index (χ3v) is 4.15. The molecule has 0 atom stereocenters. The van der Waals surface area contributed by atoms with Gasteiger partial charge >= 0.3 is 0 Å². The largest absolute Gasteiger partial charge is 0.382 e. The van der Waals surface area contributed by atoms with Crippen LogP contribution >= 0.6 is 0 Å². The average Bonchev–Trinajstić information content (AvgIpc) is 2.69. The van der Waals surface area contributed by atoms with E-state index in [1.807, 2.05) is 92.0 Å². The van der Waals surface area contributed by atoms with Crippen molar-refractivity contribution in [1.29, 1.82) is 0 Å². The number of amidine groups is 1. The summed E-state index contributed by atoms with van der Waals surface area (Å²) in [6.45, 7) is 2.53. The lowest BCUT2D eigenvalue weighted by molar-refractivity contribution is 0.290. The molecular formula is C23H25N5. The first-order valence-corrected chi connectivity index (χ1v) is 9.10. The SMILES string of the molecule is Cc1cccc(CN(N)/N=C(\N)c2cccc(N/C=C/c3ccccc3)c2)c1. The molecule has 5 N–H and O–H groups in total. The van der Waals surface area contributed by atoms with Gasteiger partial charge in [0.1, 0.15) is 0 Å². The van der Waals surface area contributed by atoms with Crippen LogP contribution in [0.4, 0.5) is 5.69 Å². The quantitative estimate of drug-likeness (QED) is 0.253. The van der Waals surface area contributed by atoms with E-state index in [1.54, 1.807) is 0 Å². The summed E-state index contributed by atoms with van der Waals surface area (Å²) in [6, 6.07) is 26.0. The lowest BCUT2D eigenvalue weighted by Gasteiger charge is -2.14. The number of benzene rings is 3. The second-order valence-electron chi connectivity index (χ2n) is 6.54. The number of aryl methyl sites for hydroxylation is 1. The van der Waals surface area contributed by atoms with Gasteiger partial charge in [-0.3, -0.25) is 0 Å². The van der Waals surface area contributed by atoms with Crippen LogP contribution in [-0.2, 0) is 6.54 Å². The summed E-state index contributed by atoms with van der Waals surface area (Å²) < 4.78 is 0. The summed E-state index contributed by atoms with van der Waals surface area (Å²) >= 11 is 0. The standard InChI is InChI=1S/C23H25N5/c1-18-7-5-10-20(15-18)17-28(25)27-23(24)21-11-6-12-22(16-21)26-14-13-19-8-3-2-4-9-19/h2-16,26H,17,25H2,1H3,(H2,24,27)/b14-13+. The van der Waals surface area contributed by atoms with Gasteiger partial charge in [-0.2, -0.15) is 0 Å². The molecule has 0 bridgehead atoms. The minimum Gasteiger partial charge on any atom is -0.382 e. The van der Waals surface area contributed by atoms with Gasteiger partial charge in [-0.25, -0.2) is 11.0 Å². The van der Waals surface area contributed by atoms with Gasteiger partial charge in [0.25, 0.3) is 0 Å². The zero-order chi connectivity index (χ0) is 19.8. The molecule has 0 saturated heterocycles. The van der Waals surface area contributed by atoms with Gasteiger partial charge in [-0.15, -0.1) is 5.10 Å². The number of nitrogens with two attached hydrogens (primary N) is 2. The van der Waals surface area contributed by atoms with Crippen LogP contribution in [0.15, 0.2) is 90.2 Å². The van der Waals surface area contributed by atoms with Gasteiger partial charge in [0, 0.05) is 17.5 Å². The first-order valence-electron chi connectivity index (χ1n) is 9.10. The number of hydrogen-bond donors (Lipinski definition) is 3. The fourth-order valence-electron chi connectivity index (χ4n) is 2.80. The number of nitrogens with zero attached hydrogens (tertiary/aromatic N) is 2. The molecule has 5 heteroatoms. The van der Waals surface area contributed by atoms with Crippen molar-refractivity contribution in [3.63, 3.8) is 0 Å². The Hall–Kier alpha value is -3.57. The fraction of sp³-hybridized carbons (Fsp3) is 0.0870. The lowest BCUT2D eigenvalue weighted by atomic mass is 10.1. The molecule has 0 spiro atoms. The molecule has 3 aromatic carbocycles. The molecule has 3 aromatic rings. The molecule has 0 aromatic heterocycles. The van der Waals surface area contributed by atoms with E-state index in [4.69, 9.17) is 11.6 Å². The van der Waals surface area contributed by atoms with Gasteiger partial charge in [0.05, 0.1) is 6.54 Å². The summed E-state index contributed by atoms with van der Waals surface area (Å²) in [5.41, 5.74) is 11.3. The Morgan fingerprint density at radius 2 is 1.79 bits per heavy atom. The molecular weight excluding hydrogens is 346 g/mol. The molecule has 0 aliphatic heterocycles. The van der Waals surface area contributed by atoms with Crippen LogP contribution in [0.2, 0.25) is 0 Å². The number of rotatable bonds is 7. The van der Waals surface area contributed by atoms with E-state index in [1.165, 1.54) is 10.7 Å². The number of hydrazone groups is 1. The highest BCUT2D eigenvalue weighted by Gasteiger charge is 2.03. The maximum Gasteiger partial charge on any atom is 0.152 e. The highest BCUT2D eigenvalue weighted by atomic mass is 15.6. The summed E-state index contributed by atoms with van der Waals surface area (Å²) in [6.07, 6.45) is 3.91. The first-order chi connectivity index (χ1) is 13.6. The van der Waals surface area contributed by atoms with E-state index in [-0.39, 0.29) is 0 Å². The summed E-state index contributed by atoms with van der Waals surface area (Å²) in [4.78, 5) is 0. The minimum absolute atomic E-state index is 0.367. The summed E-state index contributed by atoms with van der Waals surface area (Å²) in [5, 5.41) is 8.91. The molecule has 0 aliphatic carbocycles. The molecule has 0 saturated carbocycles. The topological polar surface area (TPSA) is 79.7 Å². The van der Waals surface area contributed by atoms with Crippen LogP contribution in [0.3, 0.4) is 0 Å². The number of hydrogen-bond acceptors (Lipinski definition) is 4. The Kier molecular flexibility index (Phi) is 6.44. The monoisotopic (exact) mass is 371 g/mol. The molecule has 0 aliphatic rings. The molecule has 0 radical (unpaired) electrons. The predicted octanol–water partition coefficient (Wildman–Crippen LogP) is 4.07. The van der Waals surface area contributed by atoms with Crippen LogP contribution in [0, 0.1) is 6.92 Å². The van der Waals surface area contributed by atoms with Gasteiger partial charge < -0.3 is 11.1 Å². The highest BCUT2D eigenvalue weighted by Crippen LogP contribution is 2.12. The van der Waals surface area contributed by atoms with E-state index in [0.717, 1.165) is 22.4 Å². The highest BCUT2D eigenvalue weighted by molar-refractivity contribution is 5.98. The zero-order valence-corrected chi connectivity index (χ0v) is 15.9. The van der Waals surface area contributed by atoms with Gasteiger partial charge in [0.2, 0.25) is 0 Å². The van der Waals surface area contributed by atoms with Crippen molar-refractivity contribution in [3.8, 4) is 0 Å². The minimum atomic E-state index is 0.367. The molecule has 142 valence electrons. The van der Waals surface area contributed by atoms with Crippen molar-refractivity contribution in [2.75, 3.05) is 5.32 Å². The Morgan fingerprint density at radius 1 is 1.00 bits per heavy atom. The zero-order valence-electron chi connectivity index (χ0n) is 15.9. The summed E-state index contributed by atoms with van der Waals surface area (Å²) in [5.74, 6) is 6.38. The van der Waals surface area contributed by atoms with Gasteiger partial charge in [0.15, 0.2) is 5.84 Å². The van der Waals surface area contributed by atoms with Crippen molar-refractivity contribution in [1.82, 2.24) is 5.12 Å². The second kappa shape index (κ2) is 9.39. The molecule has 0 heterocycles. The van der Waals surface area contributed by atoms with E-state index < -0.39 is 0 Å². The normalized spacial score (nSPS) is 11.6. The van der Waals surface area contributed by atoms with Crippen molar-refractivity contribution < 1.29 is 0 Å². The lowest BCUT2D eigenvalue weighted by Crippen LogP contribution is -2.29. The maximum absolute atomic E-state index is 6.15. The van der Waals surface area contributed by atoms with E-state index in [2.05, 4.69) is 16.5 Å². The van der Waals surface area contributed by atoms with Crippen LogP contribution in [0.5, 0.6) is 0 Å². The second-order valence-corrected chi connectivity index (χ2v) is 6.54. The van der Waals surface area contributed by atoms with Crippen LogP contribution in [0.1, 0.15) is 22.3 Å². The summed E-state index contributed by atoms with van der Waals surface area (Å²) in [7, 11) is 0. The fourth-order valence-corrected chi connectivity index (χ4v) is 2.80. The number of nitrogens with one attached hydrogen (secondary N) is 1.